The number of allylic oxidation sites excluding steroid dienone is 5. The van der Waals surface area contributed by atoms with Gasteiger partial charge in [0.1, 0.15) is 0 Å². The van der Waals surface area contributed by atoms with Crippen LogP contribution in [0.15, 0.2) is 36.0 Å². The van der Waals surface area contributed by atoms with Crippen molar-refractivity contribution in [3.8, 4) is 6.07 Å². The standard InChI is InChI=1S/C9H11N/c1-4-9(7-10)6-5-8(2)3/h4-6H,2H2,1,3H3/b6-5-,9-4+. The van der Waals surface area contributed by atoms with Gasteiger partial charge in [0.25, 0.3) is 0 Å². The minimum absolute atomic E-state index is 0.669. The maximum Gasteiger partial charge on any atom is 0.0988 e. The first kappa shape index (κ1) is 8.71. The summed E-state index contributed by atoms with van der Waals surface area (Å²) in [5.74, 6) is 0. The molecule has 0 aromatic rings. The quantitative estimate of drug-likeness (QED) is 0.419. The van der Waals surface area contributed by atoms with Gasteiger partial charge in [0.15, 0.2) is 0 Å². The van der Waals surface area contributed by atoms with E-state index >= 15 is 0 Å². The van der Waals surface area contributed by atoms with E-state index < -0.39 is 0 Å². The van der Waals surface area contributed by atoms with Crippen LogP contribution in [0.25, 0.3) is 0 Å². The zero-order valence-corrected chi connectivity index (χ0v) is 6.39. The van der Waals surface area contributed by atoms with E-state index in [4.69, 9.17) is 5.26 Å². The Morgan fingerprint density at radius 3 is 2.40 bits per heavy atom. The monoisotopic (exact) mass is 133 g/mol. The van der Waals surface area contributed by atoms with Gasteiger partial charge in [-0.1, -0.05) is 24.3 Å². The first-order valence-electron chi connectivity index (χ1n) is 3.10. The van der Waals surface area contributed by atoms with E-state index in [2.05, 4.69) is 6.58 Å². The molecule has 0 fully saturated rings. The molecule has 1 nitrogen and oxygen atoms in total. The van der Waals surface area contributed by atoms with Crippen LogP contribution in [0, 0.1) is 11.3 Å². The Hall–Kier alpha value is -1.29. The van der Waals surface area contributed by atoms with Crippen LogP contribution >= 0.6 is 0 Å². The summed E-state index contributed by atoms with van der Waals surface area (Å²) >= 11 is 0. The highest BCUT2D eigenvalue weighted by Gasteiger charge is 1.82. The van der Waals surface area contributed by atoms with E-state index in [1.54, 1.807) is 12.2 Å². The summed E-state index contributed by atoms with van der Waals surface area (Å²) in [6.45, 7) is 7.40. The van der Waals surface area contributed by atoms with E-state index in [9.17, 15) is 0 Å². The lowest BCUT2D eigenvalue weighted by Crippen LogP contribution is -1.69. The second-order valence-electron chi connectivity index (χ2n) is 2.04. The smallest absolute Gasteiger partial charge is 0.0988 e. The average molecular weight is 133 g/mol. The molecule has 1 heteroatoms. The molecule has 0 saturated carbocycles. The second-order valence-corrected chi connectivity index (χ2v) is 2.04. The van der Waals surface area contributed by atoms with Crippen molar-refractivity contribution in [2.45, 2.75) is 13.8 Å². The molecule has 0 spiro atoms. The van der Waals surface area contributed by atoms with Gasteiger partial charge in [-0.25, -0.2) is 0 Å². The van der Waals surface area contributed by atoms with Gasteiger partial charge in [-0.3, -0.25) is 0 Å². The van der Waals surface area contributed by atoms with E-state index in [1.165, 1.54) is 0 Å². The molecular weight excluding hydrogens is 122 g/mol. The Labute approximate surface area is 62.0 Å². The van der Waals surface area contributed by atoms with Crippen molar-refractivity contribution in [2.75, 3.05) is 0 Å². The molecule has 0 amide bonds. The van der Waals surface area contributed by atoms with Gasteiger partial charge in [-0.2, -0.15) is 5.26 Å². The molecule has 0 unspecified atom stereocenters. The predicted molar refractivity (Wildman–Crippen MR) is 43.3 cm³/mol. The Morgan fingerprint density at radius 2 is 2.10 bits per heavy atom. The van der Waals surface area contributed by atoms with Crippen molar-refractivity contribution in [1.29, 1.82) is 5.26 Å². The largest absolute Gasteiger partial charge is 0.192 e. The number of hydrogen-bond acceptors (Lipinski definition) is 1. The van der Waals surface area contributed by atoms with Crippen molar-refractivity contribution in [3.63, 3.8) is 0 Å². The van der Waals surface area contributed by atoms with Crippen LogP contribution in [-0.4, -0.2) is 0 Å². The van der Waals surface area contributed by atoms with Gasteiger partial charge in [-0.05, 0) is 19.9 Å². The molecule has 0 N–H and O–H groups in total. The van der Waals surface area contributed by atoms with E-state index in [0.29, 0.717) is 5.57 Å². The summed E-state index contributed by atoms with van der Waals surface area (Å²) in [7, 11) is 0. The van der Waals surface area contributed by atoms with Gasteiger partial charge in [0.05, 0.1) is 6.07 Å². The van der Waals surface area contributed by atoms with Crippen LogP contribution in [0.4, 0.5) is 0 Å². The van der Waals surface area contributed by atoms with Gasteiger partial charge in [-0.15, -0.1) is 0 Å². The summed E-state index contributed by atoms with van der Waals surface area (Å²) in [5, 5.41) is 8.44. The maximum absolute atomic E-state index is 8.44. The van der Waals surface area contributed by atoms with E-state index in [0.717, 1.165) is 5.57 Å². The van der Waals surface area contributed by atoms with Crippen LogP contribution in [0.3, 0.4) is 0 Å². The minimum Gasteiger partial charge on any atom is -0.192 e. The van der Waals surface area contributed by atoms with Crippen molar-refractivity contribution in [3.05, 3.63) is 36.0 Å². The van der Waals surface area contributed by atoms with Gasteiger partial charge >= 0.3 is 0 Å². The predicted octanol–water partition coefficient (Wildman–Crippen LogP) is 2.59. The lowest BCUT2D eigenvalue weighted by atomic mass is 10.2. The highest BCUT2D eigenvalue weighted by Crippen LogP contribution is 1.97. The molecular formula is C9H11N. The number of rotatable bonds is 2. The minimum atomic E-state index is 0.669. The molecule has 0 aliphatic rings. The van der Waals surface area contributed by atoms with Crippen molar-refractivity contribution in [1.82, 2.24) is 0 Å². The highest BCUT2D eigenvalue weighted by atomic mass is 14.2. The normalized spacial score (nSPS) is 11.5. The van der Waals surface area contributed by atoms with Crippen LogP contribution in [0.5, 0.6) is 0 Å². The SMILES string of the molecule is C=C(C)/C=C\C(C#N)=C/C. The summed E-state index contributed by atoms with van der Waals surface area (Å²) in [5.41, 5.74) is 1.62. The number of hydrogen-bond donors (Lipinski definition) is 0. The third-order valence-corrected chi connectivity index (χ3v) is 0.988. The molecule has 0 heterocycles. The molecule has 0 aliphatic carbocycles. The van der Waals surface area contributed by atoms with Gasteiger partial charge in [0.2, 0.25) is 0 Å². The zero-order valence-electron chi connectivity index (χ0n) is 6.39. The molecule has 0 aliphatic heterocycles. The summed E-state index contributed by atoms with van der Waals surface area (Å²) < 4.78 is 0. The topological polar surface area (TPSA) is 23.8 Å². The zero-order chi connectivity index (χ0) is 7.98. The molecule has 0 aromatic heterocycles. The summed E-state index contributed by atoms with van der Waals surface area (Å²) in [6, 6.07) is 2.04. The molecule has 0 saturated heterocycles. The van der Waals surface area contributed by atoms with E-state index in [-0.39, 0.29) is 0 Å². The third-order valence-electron chi connectivity index (χ3n) is 0.988. The number of nitrogens with zero attached hydrogens (tertiary/aromatic N) is 1. The number of nitriles is 1. The fourth-order valence-electron chi connectivity index (χ4n) is 0.430. The first-order valence-corrected chi connectivity index (χ1v) is 3.10. The first-order chi connectivity index (χ1) is 4.70. The van der Waals surface area contributed by atoms with Crippen molar-refractivity contribution >= 4 is 0 Å². The Kier molecular flexibility index (Phi) is 3.99. The van der Waals surface area contributed by atoms with Gasteiger partial charge < -0.3 is 0 Å². The summed E-state index contributed by atoms with van der Waals surface area (Å²) in [6.07, 6.45) is 5.33. The molecule has 0 atom stereocenters. The summed E-state index contributed by atoms with van der Waals surface area (Å²) in [4.78, 5) is 0. The van der Waals surface area contributed by atoms with E-state index in [1.807, 2.05) is 26.0 Å². The van der Waals surface area contributed by atoms with Crippen LogP contribution < -0.4 is 0 Å². The van der Waals surface area contributed by atoms with Crippen molar-refractivity contribution < 1.29 is 0 Å². The lowest BCUT2D eigenvalue weighted by molar-refractivity contribution is 1.47. The molecule has 0 bridgehead atoms. The molecule has 52 valence electrons. The Bertz CT molecular complexity index is 213. The Morgan fingerprint density at radius 1 is 1.50 bits per heavy atom. The second kappa shape index (κ2) is 4.58. The fraction of sp³-hybridized carbons (Fsp3) is 0.222. The molecule has 10 heavy (non-hydrogen) atoms. The van der Waals surface area contributed by atoms with Crippen molar-refractivity contribution in [2.24, 2.45) is 0 Å². The third kappa shape index (κ3) is 3.68. The van der Waals surface area contributed by atoms with Crippen LogP contribution in [0.1, 0.15) is 13.8 Å². The molecule has 0 rings (SSSR count). The van der Waals surface area contributed by atoms with Crippen LogP contribution in [-0.2, 0) is 0 Å². The Balaban J connectivity index is 4.16. The van der Waals surface area contributed by atoms with Gasteiger partial charge in [0, 0.05) is 5.57 Å². The average Bonchev–Trinajstić information content (AvgIpc) is 1.90. The lowest BCUT2D eigenvalue weighted by Gasteiger charge is -1.84. The molecule has 0 aromatic carbocycles. The fourth-order valence-corrected chi connectivity index (χ4v) is 0.430. The maximum atomic E-state index is 8.44. The molecule has 0 radical (unpaired) electrons. The van der Waals surface area contributed by atoms with Crippen LogP contribution in [0.2, 0.25) is 0 Å². The highest BCUT2D eigenvalue weighted by molar-refractivity contribution is 5.35.